The molecule has 0 aliphatic heterocycles. The molecule has 0 atom stereocenters. The highest BCUT2D eigenvalue weighted by atomic mass is 31.2. The van der Waals surface area contributed by atoms with E-state index in [0.717, 1.165) is 35.0 Å². The molecule has 0 saturated heterocycles. The van der Waals surface area contributed by atoms with E-state index in [9.17, 15) is 14.2 Å². The van der Waals surface area contributed by atoms with E-state index < -0.39 is 44.9 Å². The smallest absolute Gasteiger partial charge is 0.429 e. The number of fused-ring (bicyclic) bond motifs is 1. The van der Waals surface area contributed by atoms with Crippen LogP contribution in [0.15, 0.2) is 24.4 Å². The molecule has 0 fully saturated rings. The lowest BCUT2D eigenvalue weighted by Crippen LogP contribution is -2.25. The number of nitrogens with zero attached hydrogens (tertiary/aromatic N) is 2. The van der Waals surface area contributed by atoms with Crippen LogP contribution in [0.2, 0.25) is 0 Å². The van der Waals surface area contributed by atoms with E-state index >= 15 is 0 Å². The fourth-order valence-electron chi connectivity index (χ4n) is 3.22. The maximum Gasteiger partial charge on any atom is 0.510 e. The van der Waals surface area contributed by atoms with Crippen molar-refractivity contribution in [3.8, 4) is 0 Å². The van der Waals surface area contributed by atoms with E-state index in [1.165, 1.54) is 0 Å². The van der Waals surface area contributed by atoms with Gasteiger partial charge in [0.2, 0.25) is 13.6 Å². The SMILES string of the molecule is Cc1ccc2c(c1)c(CCN(C)C)cn2COP(=O)(OCOC(=O)OC(C)(C)C)OCOC(=O)OC(C)(C)C. The number of benzene rings is 1. The number of aromatic nitrogens is 1. The van der Waals surface area contributed by atoms with Crippen LogP contribution in [0.5, 0.6) is 0 Å². The Bertz CT molecular complexity index is 1130. The molecule has 1 heterocycles. The second kappa shape index (κ2) is 13.6. The molecular weight excluding hydrogens is 531 g/mol. The zero-order chi connectivity index (χ0) is 29.4. The Morgan fingerprint density at radius 3 is 1.92 bits per heavy atom. The summed E-state index contributed by atoms with van der Waals surface area (Å²) in [6.45, 7) is 11.0. The Balaban J connectivity index is 2.16. The molecule has 220 valence electrons. The summed E-state index contributed by atoms with van der Waals surface area (Å²) in [6.07, 6.45) is 0.637. The summed E-state index contributed by atoms with van der Waals surface area (Å²) in [7, 11) is -0.409. The Labute approximate surface area is 230 Å². The highest BCUT2D eigenvalue weighted by Gasteiger charge is 2.30. The van der Waals surface area contributed by atoms with Crippen LogP contribution >= 0.6 is 7.82 Å². The summed E-state index contributed by atoms with van der Waals surface area (Å²) < 4.78 is 50.8. The number of carbonyl (C=O) groups is 2. The van der Waals surface area contributed by atoms with Crippen LogP contribution in [0, 0.1) is 6.92 Å². The van der Waals surface area contributed by atoms with Crippen LogP contribution in [0.1, 0.15) is 52.7 Å². The van der Waals surface area contributed by atoms with Gasteiger partial charge in [-0.1, -0.05) is 11.6 Å². The molecule has 0 spiro atoms. The largest absolute Gasteiger partial charge is 0.510 e. The number of phosphoric acid groups is 1. The predicted octanol–water partition coefficient (Wildman–Crippen LogP) is 5.99. The minimum atomic E-state index is -4.40. The van der Waals surface area contributed by atoms with Gasteiger partial charge in [0.15, 0.2) is 0 Å². The van der Waals surface area contributed by atoms with Gasteiger partial charge < -0.3 is 28.4 Å². The third-order valence-electron chi connectivity index (χ3n) is 4.86. The monoisotopic (exact) mass is 572 g/mol. The first-order valence-corrected chi connectivity index (χ1v) is 13.9. The van der Waals surface area contributed by atoms with E-state index in [1.807, 2.05) is 39.3 Å². The van der Waals surface area contributed by atoms with Gasteiger partial charge in [0.25, 0.3) is 0 Å². The molecule has 39 heavy (non-hydrogen) atoms. The van der Waals surface area contributed by atoms with Crippen LogP contribution < -0.4 is 0 Å². The van der Waals surface area contributed by atoms with Gasteiger partial charge in [-0.15, -0.1) is 0 Å². The molecule has 0 saturated carbocycles. The molecule has 0 amide bonds. The van der Waals surface area contributed by atoms with Gasteiger partial charge in [-0.2, -0.15) is 0 Å². The molecule has 12 nitrogen and oxygen atoms in total. The van der Waals surface area contributed by atoms with Crippen LogP contribution in [-0.4, -0.2) is 67.2 Å². The summed E-state index contributed by atoms with van der Waals surface area (Å²) in [4.78, 5) is 25.8. The number of ether oxygens (including phenoxy) is 4. The quantitative estimate of drug-likeness (QED) is 0.169. The highest BCUT2D eigenvalue weighted by molar-refractivity contribution is 7.48. The number of aryl methyl sites for hydroxylation is 1. The molecule has 1 aromatic heterocycles. The van der Waals surface area contributed by atoms with Crippen molar-refractivity contribution >= 4 is 31.0 Å². The number of rotatable bonds is 12. The minimum Gasteiger partial charge on any atom is -0.429 e. The van der Waals surface area contributed by atoms with Crippen LogP contribution in [0.3, 0.4) is 0 Å². The van der Waals surface area contributed by atoms with E-state index in [-0.39, 0.29) is 6.73 Å². The molecule has 13 heteroatoms. The molecular formula is C26H41N2O10P. The first-order valence-electron chi connectivity index (χ1n) is 12.4. The fourth-order valence-corrected chi connectivity index (χ4v) is 4.07. The van der Waals surface area contributed by atoms with Gasteiger partial charge in [-0.25, -0.2) is 23.2 Å². The molecule has 0 aliphatic carbocycles. The van der Waals surface area contributed by atoms with Crippen molar-refractivity contribution in [2.75, 3.05) is 34.2 Å². The second-order valence-corrected chi connectivity index (χ2v) is 12.8. The number of hydrogen-bond acceptors (Lipinski definition) is 11. The summed E-state index contributed by atoms with van der Waals surface area (Å²) >= 11 is 0. The lowest BCUT2D eigenvalue weighted by molar-refractivity contribution is -0.0641. The van der Waals surface area contributed by atoms with Crippen molar-refractivity contribution in [2.45, 2.75) is 72.8 Å². The number of carbonyl (C=O) groups excluding carboxylic acids is 2. The molecule has 0 bridgehead atoms. The van der Waals surface area contributed by atoms with Gasteiger partial charge in [0.1, 0.15) is 17.9 Å². The Morgan fingerprint density at radius 1 is 0.897 bits per heavy atom. The second-order valence-electron chi connectivity index (χ2n) is 11.1. The Morgan fingerprint density at radius 2 is 1.44 bits per heavy atom. The van der Waals surface area contributed by atoms with Crippen molar-refractivity contribution in [1.82, 2.24) is 9.47 Å². The minimum absolute atomic E-state index is 0.225. The number of likely N-dealkylation sites (N-methyl/N-ethyl adjacent to an activating group) is 1. The van der Waals surface area contributed by atoms with E-state index in [1.54, 1.807) is 46.1 Å². The normalized spacial score (nSPS) is 12.6. The van der Waals surface area contributed by atoms with Crippen molar-refractivity contribution < 1.29 is 46.7 Å². The summed E-state index contributed by atoms with van der Waals surface area (Å²) in [5, 5.41) is 1.04. The summed E-state index contributed by atoms with van der Waals surface area (Å²) in [5.41, 5.74) is 1.45. The lowest BCUT2D eigenvalue weighted by atomic mass is 10.1. The maximum atomic E-state index is 13.4. The van der Waals surface area contributed by atoms with Crippen LogP contribution in [0.4, 0.5) is 9.59 Å². The van der Waals surface area contributed by atoms with Gasteiger partial charge in [-0.05, 0) is 86.7 Å². The molecule has 0 N–H and O–H groups in total. The van der Waals surface area contributed by atoms with Gasteiger partial charge in [-0.3, -0.25) is 4.52 Å². The molecule has 1 aromatic carbocycles. The maximum absolute atomic E-state index is 13.4. The summed E-state index contributed by atoms with van der Waals surface area (Å²) in [6, 6.07) is 5.98. The first kappa shape index (κ1) is 32.6. The topological polar surface area (TPSA) is 124 Å². The molecule has 2 rings (SSSR count). The molecule has 0 unspecified atom stereocenters. The van der Waals surface area contributed by atoms with E-state index in [4.69, 9.17) is 32.5 Å². The van der Waals surface area contributed by atoms with Crippen LogP contribution in [0.25, 0.3) is 10.9 Å². The zero-order valence-corrected chi connectivity index (χ0v) is 25.2. The Hall–Kier alpha value is -2.63. The predicted molar refractivity (Wildman–Crippen MR) is 144 cm³/mol. The average Bonchev–Trinajstić information content (AvgIpc) is 3.10. The van der Waals surface area contributed by atoms with Crippen molar-refractivity contribution in [3.63, 3.8) is 0 Å². The third-order valence-corrected chi connectivity index (χ3v) is 6.13. The summed E-state index contributed by atoms with van der Waals surface area (Å²) in [5.74, 6) is 0. The van der Waals surface area contributed by atoms with Crippen molar-refractivity contribution in [2.24, 2.45) is 0 Å². The Kier molecular flexibility index (Phi) is 11.4. The van der Waals surface area contributed by atoms with E-state index in [2.05, 4.69) is 11.0 Å². The van der Waals surface area contributed by atoms with Gasteiger partial charge >= 0.3 is 20.1 Å². The molecule has 0 aliphatic rings. The number of hydrogen-bond donors (Lipinski definition) is 0. The third kappa shape index (κ3) is 12.0. The highest BCUT2D eigenvalue weighted by Crippen LogP contribution is 2.50. The van der Waals surface area contributed by atoms with Crippen LogP contribution in [-0.2, 0) is 50.2 Å². The van der Waals surface area contributed by atoms with Crippen molar-refractivity contribution in [3.05, 3.63) is 35.5 Å². The van der Waals surface area contributed by atoms with Gasteiger partial charge in [0, 0.05) is 18.1 Å². The van der Waals surface area contributed by atoms with Crippen molar-refractivity contribution in [1.29, 1.82) is 0 Å². The first-order chi connectivity index (χ1) is 18.0. The fraction of sp³-hybridized carbons (Fsp3) is 0.615. The molecule has 2 aromatic rings. The average molecular weight is 573 g/mol. The zero-order valence-electron chi connectivity index (χ0n) is 24.3. The standard InChI is InChI=1S/C26H41N2O10P/c1-19-10-11-22-21(14-19)20(12-13-27(8)9)15-28(22)16-34-39(31,35-17-32-23(29)37-25(2,3)4)36-18-33-24(30)38-26(5,6)7/h10-11,14-15H,12-13,16-18H2,1-9H3. The number of phosphoric ester groups is 1. The molecule has 0 radical (unpaired) electrons. The van der Waals surface area contributed by atoms with E-state index in [0.29, 0.717) is 0 Å². The lowest BCUT2D eigenvalue weighted by Gasteiger charge is -2.21. The van der Waals surface area contributed by atoms with Gasteiger partial charge in [0.05, 0.1) is 5.52 Å².